The second-order valence-corrected chi connectivity index (χ2v) is 10.9. The van der Waals surface area contributed by atoms with Crippen molar-refractivity contribution < 1.29 is 14.0 Å². The minimum atomic E-state index is -0.819. The van der Waals surface area contributed by atoms with Crippen LogP contribution in [0.1, 0.15) is 24.0 Å². The third-order valence-corrected chi connectivity index (χ3v) is 7.61. The van der Waals surface area contributed by atoms with Gasteiger partial charge < -0.3 is 30.3 Å². The van der Waals surface area contributed by atoms with Gasteiger partial charge in [-0.3, -0.25) is 4.79 Å². The van der Waals surface area contributed by atoms with Gasteiger partial charge in [0.15, 0.2) is 0 Å². The van der Waals surface area contributed by atoms with Crippen LogP contribution in [0.2, 0.25) is 0 Å². The molecule has 214 valence electrons. The van der Waals surface area contributed by atoms with E-state index in [4.69, 9.17) is 0 Å². The number of nitrogens with zero attached hydrogens (tertiary/aromatic N) is 3. The molecule has 2 heterocycles. The Morgan fingerprint density at radius 2 is 1.73 bits per heavy atom. The van der Waals surface area contributed by atoms with E-state index in [1.807, 2.05) is 81.8 Å². The Labute approximate surface area is 240 Å². The summed E-state index contributed by atoms with van der Waals surface area (Å²) < 4.78 is 13.7. The van der Waals surface area contributed by atoms with E-state index in [0.717, 1.165) is 34.3 Å². The lowest BCUT2D eigenvalue weighted by Gasteiger charge is -2.37. The van der Waals surface area contributed by atoms with Crippen molar-refractivity contribution in [1.82, 2.24) is 20.1 Å². The third kappa shape index (κ3) is 6.69. The summed E-state index contributed by atoms with van der Waals surface area (Å²) in [6.07, 6.45) is 1.91. The van der Waals surface area contributed by atoms with Gasteiger partial charge in [-0.2, -0.15) is 0 Å². The monoisotopic (exact) mass is 556 g/mol. The van der Waals surface area contributed by atoms with Crippen LogP contribution in [-0.2, 0) is 11.3 Å². The number of H-pyrrole nitrogens is 1. The van der Waals surface area contributed by atoms with Crippen molar-refractivity contribution in [2.45, 2.75) is 25.4 Å². The normalized spacial score (nSPS) is 15.1. The minimum absolute atomic E-state index is 0.281. The fraction of sp³-hybridized carbons (Fsp3) is 0.312. The number of urea groups is 1. The zero-order valence-electron chi connectivity index (χ0n) is 23.7. The number of aromatic amines is 1. The summed E-state index contributed by atoms with van der Waals surface area (Å²) in [6.45, 7) is 4.78. The second kappa shape index (κ2) is 12.4. The fourth-order valence-electron chi connectivity index (χ4n) is 5.47. The van der Waals surface area contributed by atoms with Crippen molar-refractivity contribution in [3.8, 4) is 0 Å². The number of fused-ring (bicyclic) bond motifs is 1. The average Bonchev–Trinajstić information content (AvgIpc) is 3.39. The van der Waals surface area contributed by atoms with Gasteiger partial charge in [0.1, 0.15) is 11.9 Å². The largest absolute Gasteiger partial charge is 0.368 e. The molecule has 9 heteroatoms. The van der Waals surface area contributed by atoms with Crippen LogP contribution < -0.4 is 15.5 Å². The van der Waals surface area contributed by atoms with Crippen LogP contribution in [-0.4, -0.2) is 73.0 Å². The van der Waals surface area contributed by atoms with Gasteiger partial charge in [-0.05, 0) is 61.6 Å². The molecule has 3 amide bonds. The second-order valence-electron chi connectivity index (χ2n) is 10.9. The molecule has 0 spiro atoms. The van der Waals surface area contributed by atoms with E-state index < -0.39 is 6.04 Å². The molecule has 3 aromatic carbocycles. The van der Waals surface area contributed by atoms with Gasteiger partial charge in [0.2, 0.25) is 5.91 Å². The van der Waals surface area contributed by atoms with Crippen molar-refractivity contribution >= 4 is 34.2 Å². The minimum Gasteiger partial charge on any atom is -0.368 e. The van der Waals surface area contributed by atoms with E-state index in [1.54, 1.807) is 11.0 Å². The van der Waals surface area contributed by atoms with Crippen LogP contribution >= 0.6 is 0 Å². The number of benzene rings is 3. The first-order valence-corrected chi connectivity index (χ1v) is 13.9. The lowest BCUT2D eigenvalue weighted by Crippen LogP contribution is -2.56. The number of carbonyl (C=O) groups excluding carboxylic acids is 2. The Morgan fingerprint density at radius 1 is 0.976 bits per heavy atom. The van der Waals surface area contributed by atoms with Gasteiger partial charge >= 0.3 is 6.03 Å². The lowest BCUT2D eigenvalue weighted by atomic mass is 9.92. The smallest absolute Gasteiger partial charge is 0.318 e. The summed E-state index contributed by atoms with van der Waals surface area (Å²) >= 11 is 0. The number of rotatable bonds is 8. The molecule has 2 atom stereocenters. The summed E-state index contributed by atoms with van der Waals surface area (Å²) in [6, 6.07) is 21.1. The molecule has 1 aliphatic rings. The Hall–Kier alpha value is -4.37. The summed E-state index contributed by atoms with van der Waals surface area (Å²) in [7, 11) is 4.00. The number of carbonyl (C=O) groups is 2. The van der Waals surface area contributed by atoms with Gasteiger partial charge in [-0.15, -0.1) is 0 Å². The molecule has 1 saturated heterocycles. The van der Waals surface area contributed by atoms with Crippen LogP contribution in [0.3, 0.4) is 0 Å². The van der Waals surface area contributed by atoms with Crippen molar-refractivity contribution in [2.24, 2.45) is 0 Å². The van der Waals surface area contributed by atoms with Crippen molar-refractivity contribution in [3.05, 3.63) is 95.9 Å². The molecule has 0 saturated carbocycles. The number of halogens is 1. The predicted molar refractivity (Wildman–Crippen MR) is 162 cm³/mol. The zero-order valence-corrected chi connectivity index (χ0v) is 23.7. The van der Waals surface area contributed by atoms with E-state index in [-0.39, 0.29) is 23.7 Å². The Morgan fingerprint density at radius 3 is 2.49 bits per heavy atom. The average molecular weight is 557 g/mol. The van der Waals surface area contributed by atoms with Crippen molar-refractivity contribution in [2.75, 3.05) is 50.5 Å². The molecule has 1 fully saturated rings. The van der Waals surface area contributed by atoms with Gasteiger partial charge in [0.25, 0.3) is 0 Å². The number of para-hydroxylation sites is 1. The highest BCUT2D eigenvalue weighted by Crippen LogP contribution is 2.29. The van der Waals surface area contributed by atoms with Crippen LogP contribution in [0.5, 0.6) is 0 Å². The molecular weight excluding hydrogens is 519 g/mol. The summed E-state index contributed by atoms with van der Waals surface area (Å²) in [5.74, 6) is -0.875. The van der Waals surface area contributed by atoms with E-state index >= 15 is 0 Å². The third-order valence-electron chi connectivity index (χ3n) is 7.61. The van der Waals surface area contributed by atoms with E-state index in [9.17, 15) is 14.0 Å². The molecule has 3 N–H and O–H groups in total. The topological polar surface area (TPSA) is 83.7 Å². The van der Waals surface area contributed by atoms with E-state index in [2.05, 4.69) is 25.4 Å². The molecule has 4 aromatic rings. The first-order valence-electron chi connectivity index (χ1n) is 13.9. The Bertz CT molecular complexity index is 1510. The standard InChI is InChI=1S/C32H37FN6O2/c1-22(28-20-34-29-13-5-4-12-27(28)29)30(31(40)35-25-10-6-8-23(18-25)21-37(2)3)36-32(41)39-16-14-38(15-17-39)26-11-7-9-24(33)19-26/h4-13,18-20,22,30,34H,14-17,21H2,1-3H3,(H,35,40)(H,36,41)/t22-,30+/m0/s1. The first-order chi connectivity index (χ1) is 19.8. The van der Waals surface area contributed by atoms with Crippen LogP contribution in [0.4, 0.5) is 20.6 Å². The highest BCUT2D eigenvalue weighted by molar-refractivity contribution is 5.98. The van der Waals surface area contributed by atoms with Gasteiger partial charge in [-0.25, -0.2) is 9.18 Å². The molecule has 1 aliphatic heterocycles. The van der Waals surface area contributed by atoms with Gasteiger partial charge in [0.05, 0.1) is 0 Å². The van der Waals surface area contributed by atoms with Gasteiger partial charge in [-0.1, -0.05) is 43.3 Å². The molecule has 8 nitrogen and oxygen atoms in total. The summed E-state index contributed by atoms with van der Waals surface area (Å²) in [4.78, 5) is 36.5. The number of piperazine rings is 1. The number of hydrogen-bond donors (Lipinski definition) is 3. The van der Waals surface area contributed by atoms with Crippen LogP contribution in [0, 0.1) is 5.82 Å². The molecule has 0 unspecified atom stereocenters. The molecule has 0 aliphatic carbocycles. The summed E-state index contributed by atoms with van der Waals surface area (Å²) in [5, 5.41) is 7.11. The van der Waals surface area contributed by atoms with Crippen molar-refractivity contribution in [1.29, 1.82) is 0 Å². The maximum Gasteiger partial charge on any atom is 0.318 e. The fourth-order valence-corrected chi connectivity index (χ4v) is 5.47. The van der Waals surface area contributed by atoms with Gasteiger partial charge in [0, 0.05) is 67.1 Å². The number of aromatic nitrogens is 1. The highest BCUT2D eigenvalue weighted by atomic mass is 19.1. The summed E-state index contributed by atoms with van der Waals surface area (Å²) in [5.41, 5.74) is 4.49. The number of hydrogen-bond acceptors (Lipinski definition) is 4. The van der Waals surface area contributed by atoms with Crippen LogP contribution in [0.25, 0.3) is 10.9 Å². The maximum atomic E-state index is 13.8. The molecular formula is C32H37FN6O2. The number of nitrogens with one attached hydrogen (secondary N) is 3. The maximum absolute atomic E-state index is 13.8. The molecule has 1 aromatic heterocycles. The number of amides is 3. The first kappa shape index (κ1) is 28.2. The molecule has 41 heavy (non-hydrogen) atoms. The van der Waals surface area contributed by atoms with Crippen LogP contribution in [0.15, 0.2) is 79.0 Å². The Balaban J connectivity index is 1.33. The zero-order chi connectivity index (χ0) is 28.9. The SMILES string of the molecule is C[C@@H](c1c[nH]c2ccccc12)[C@@H](NC(=O)N1CCN(c2cccc(F)c2)CC1)C(=O)Nc1cccc(CN(C)C)c1. The van der Waals surface area contributed by atoms with E-state index in [0.29, 0.717) is 31.9 Å². The van der Waals surface area contributed by atoms with Crippen molar-refractivity contribution in [3.63, 3.8) is 0 Å². The molecule has 0 bridgehead atoms. The Kier molecular flexibility index (Phi) is 8.54. The highest BCUT2D eigenvalue weighted by Gasteiger charge is 2.32. The molecule has 5 rings (SSSR count). The quantitative estimate of drug-likeness (QED) is 0.285. The lowest BCUT2D eigenvalue weighted by molar-refractivity contribution is -0.118. The predicted octanol–water partition coefficient (Wildman–Crippen LogP) is 5.01. The number of anilines is 2. The van der Waals surface area contributed by atoms with E-state index in [1.165, 1.54) is 12.1 Å². The molecule has 0 radical (unpaired) electrons.